The number of hydrogen-bond acceptors (Lipinski definition) is 4. The quantitative estimate of drug-likeness (QED) is 0.711. The van der Waals surface area contributed by atoms with E-state index in [1.807, 2.05) is 0 Å². The zero-order valence-electron chi connectivity index (χ0n) is 8.29. The molecule has 1 aromatic heterocycles. The highest BCUT2D eigenvalue weighted by molar-refractivity contribution is 6.14. The fourth-order valence-electron chi connectivity index (χ4n) is 1.21. The van der Waals surface area contributed by atoms with Gasteiger partial charge in [-0.15, -0.1) is 0 Å². The molecule has 1 aromatic rings. The van der Waals surface area contributed by atoms with Crippen molar-refractivity contribution in [3.8, 4) is 0 Å². The van der Waals surface area contributed by atoms with Gasteiger partial charge in [-0.05, 0) is 13.8 Å². The Kier molecular flexibility index (Phi) is 1.70. The van der Waals surface area contributed by atoms with Gasteiger partial charge in [-0.25, -0.2) is 4.98 Å². The van der Waals surface area contributed by atoms with Gasteiger partial charge in [0.05, 0.1) is 0 Å². The van der Waals surface area contributed by atoms with Gasteiger partial charge in [-0.1, -0.05) is 0 Å². The topological polar surface area (TPSA) is 67.5 Å². The summed E-state index contributed by atoms with van der Waals surface area (Å²) >= 11 is 0. The Hall–Kier alpha value is -1.65. The van der Waals surface area contributed by atoms with E-state index in [2.05, 4.69) is 15.3 Å². The third-order valence-electron chi connectivity index (χ3n) is 2.04. The van der Waals surface area contributed by atoms with Crippen molar-refractivity contribution >= 4 is 11.7 Å². The summed E-state index contributed by atoms with van der Waals surface area (Å²) in [6.45, 7) is 5.25. The Morgan fingerprint density at radius 2 is 2.21 bits per heavy atom. The predicted molar refractivity (Wildman–Crippen MR) is 50.0 cm³/mol. The maximum absolute atomic E-state index is 11.4. The lowest BCUT2D eigenvalue weighted by atomic mass is 10.1. The minimum atomic E-state index is -0.706. The fraction of sp³-hybridized carbons (Fsp3) is 0.444. The molecule has 0 atom stereocenters. The van der Waals surface area contributed by atoms with Crippen molar-refractivity contribution in [3.05, 3.63) is 17.8 Å². The Morgan fingerprint density at radius 3 is 2.64 bits per heavy atom. The zero-order chi connectivity index (χ0) is 10.3. The maximum Gasteiger partial charge on any atom is 0.252 e. The molecule has 5 nitrogen and oxygen atoms in total. The number of aryl methyl sites for hydroxylation is 1. The van der Waals surface area contributed by atoms with Crippen molar-refractivity contribution in [3.63, 3.8) is 0 Å². The molecular weight excluding hydrogens is 182 g/mol. The number of amides is 1. The summed E-state index contributed by atoms with van der Waals surface area (Å²) in [7, 11) is 0. The average Bonchev–Trinajstić information content (AvgIpc) is 2.58. The second-order valence-corrected chi connectivity index (χ2v) is 3.73. The number of oxazole rings is 1. The molecular formula is C9H11N3O2. The van der Waals surface area contributed by atoms with Gasteiger partial charge in [-0.2, -0.15) is 0 Å². The van der Waals surface area contributed by atoms with Crippen LogP contribution in [0.5, 0.6) is 0 Å². The van der Waals surface area contributed by atoms with Gasteiger partial charge < -0.3 is 9.73 Å². The lowest BCUT2D eigenvalue weighted by Gasteiger charge is -2.07. The van der Waals surface area contributed by atoms with E-state index in [4.69, 9.17) is 4.42 Å². The van der Waals surface area contributed by atoms with E-state index in [0.717, 1.165) is 0 Å². The van der Waals surface area contributed by atoms with Crippen molar-refractivity contribution in [2.45, 2.75) is 26.3 Å². The summed E-state index contributed by atoms with van der Waals surface area (Å²) in [6, 6.07) is 0. The van der Waals surface area contributed by atoms with Crippen LogP contribution in [0.2, 0.25) is 0 Å². The molecule has 5 heteroatoms. The molecule has 0 saturated heterocycles. The molecule has 1 aliphatic heterocycles. The molecule has 14 heavy (non-hydrogen) atoms. The third kappa shape index (κ3) is 1.30. The summed E-state index contributed by atoms with van der Waals surface area (Å²) in [5, 5.41) is 2.66. The molecule has 1 amide bonds. The minimum absolute atomic E-state index is 0.117. The van der Waals surface area contributed by atoms with Gasteiger partial charge in [0.25, 0.3) is 5.91 Å². The fourth-order valence-corrected chi connectivity index (χ4v) is 1.21. The number of hydrogen-bond donors (Lipinski definition) is 1. The molecule has 1 N–H and O–H groups in total. The van der Waals surface area contributed by atoms with Crippen molar-refractivity contribution in [2.24, 2.45) is 4.99 Å². The number of nitrogens with one attached hydrogen (secondary N) is 1. The largest absolute Gasteiger partial charge is 0.449 e. The first-order valence-electron chi connectivity index (χ1n) is 4.33. The average molecular weight is 193 g/mol. The number of nitrogens with zero attached hydrogens (tertiary/aromatic N) is 2. The Morgan fingerprint density at radius 1 is 1.50 bits per heavy atom. The number of aromatic nitrogens is 1. The number of carbonyl (C=O) groups excluding carboxylic acids is 1. The highest BCUT2D eigenvalue weighted by Crippen LogP contribution is 2.17. The first kappa shape index (κ1) is 8.93. The molecule has 0 radical (unpaired) electrons. The van der Waals surface area contributed by atoms with Crippen molar-refractivity contribution < 1.29 is 9.21 Å². The number of aliphatic imine (C=N–C) groups is 1. The van der Waals surface area contributed by atoms with Crippen molar-refractivity contribution in [1.82, 2.24) is 10.3 Å². The van der Waals surface area contributed by atoms with Gasteiger partial charge in [0.2, 0.25) is 0 Å². The Balaban J connectivity index is 2.35. The smallest absolute Gasteiger partial charge is 0.252 e. The first-order valence-corrected chi connectivity index (χ1v) is 4.33. The summed E-state index contributed by atoms with van der Waals surface area (Å²) in [6.07, 6.45) is 1.48. The summed E-state index contributed by atoms with van der Waals surface area (Å²) in [5.74, 6) is 0.923. The SMILES string of the molecule is Cc1nc(C2=NC(C)(C)C(=O)N2)co1. The Labute approximate surface area is 81.2 Å². The van der Waals surface area contributed by atoms with E-state index in [0.29, 0.717) is 17.4 Å². The van der Waals surface area contributed by atoms with Crippen LogP contribution in [0.25, 0.3) is 0 Å². The van der Waals surface area contributed by atoms with E-state index < -0.39 is 5.54 Å². The predicted octanol–water partition coefficient (Wildman–Crippen LogP) is 0.638. The molecule has 2 heterocycles. The van der Waals surface area contributed by atoms with E-state index >= 15 is 0 Å². The van der Waals surface area contributed by atoms with E-state index in [-0.39, 0.29) is 5.91 Å². The zero-order valence-corrected chi connectivity index (χ0v) is 8.29. The third-order valence-corrected chi connectivity index (χ3v) is 2.04. The lowest BCUT2D eigenvalue weighted by Crippen LogP contribution is -2.34. The second-order valence-electron chi connectivity index (χ2n) is 3.73. The molecule has 0 aliphatic carbocycles. The standard InChI is InChI=1S/C9H11N3O2/c1-5-10-6(4-14-5)7-11-8(13)9(2,3)12-7/h4H,1-3H3,(H,11,12,13). The van der Waals surface area contributed by atoms with E-state index in [1.165, 1.54) is 6.26 Å². The van der Waals surface area contributed by atoms with Gasteiger partial charge in [0, 0.05) is 6.92 Å². The highest BCUT2D eigenvalue weighted by atomic mass is 16.3. The van der Waals surface area contributed by atoms with Gasteiger partial charge in [0.1, 0.15) is 17.5 Å². The number of rotatable bonds is 1. The van der Waals surface area contributed by atoms with Crippen LogP contribution in [0.3, 0.4) is 0 Å². The molecule has 0 bridgehead atoms. The number of carbonyl (C=O) groups is 1. The van der Waals surface area contributed by atoms with Gasteiger partial charge >= 0.3 is 0 Å². The molecule has 0 saturated carbocycles. The molecule has 0 unspecified atom stereocenters. The molecule has 1 aliphatic rings. The van der Waals surface area contributed by atoms with Gasteiger partial charge in [-0.3, -0.25) is 9.79 Å². The number of amidine groups is 1. The maximum atomic E-state index is 11.4. The second kappa shape index (κ2) is 2.67. The molecule has 74 valence electrons. The van der Waals surface area contributed by atoms with Crippen LogP contribution in [-0.4, -0.2) is 22.3 Å². The first-order chi connectivity index (χ1) is 6.49. The summed E-state index contributed by atoms with van der Waals surface area (Å²) < 4.78 is 5.04. The van der Waals surface area contributed by atoms with Crippen LogP contribution in [0, 0.1) is 6.92 Å². The van der Waals surface area contributed by atoms with Crippen molar-refractivity contribution in [2.75, 3.05) is 0 Å². The van der Waals surface area contributed by atoms with Crippen molar-refractivity contribution in [1.29, 1.82) is 0 Å². The van der Waals surface area contributed by atoms with Crippen LogP contribution in [0.15, 0.2) is 15.7 Å². The van der Waals surface area contributed by atoms with Crippen LogP contribution < -0.4 is 5.32 Å². The molecule has 0 fully saturated rings. The molecule has 0 spiro atoms. The van der Waals surface area contributed by atoms with Crippen LogP contribution in [0.4, 0.5) is 0 Å². The van der Waals surface area contributed by atoms with Crippen LogP contribution in [-0.2, 0) is 4.79 Å². The Bertz CT molecular complexity index is 417. The lowest BCUT2D eigenvalue weighted by molar-refractivity contribution is -0.122. The van der Waals surface area contributed by atoms with E-state index in [9.17, 15) is 4.79 Å². The van der Waals surface area contributed by atoms with E-state index in [1.54, 1.807) is 20.8 Å². The minimum Gasteiger partial charge on any atom is -0.449 e. The normalized spacial score (nSPS) is 19.4. The monoisotopic (exact) mass is 193 g/mol. The van der Waals surface area contributed by atoms with Gasteiger partial charge in [0.15, 0.2) is 11.7 Å². The molecule has 0 aromatic carbocycles. The van der Waals surface area contributed by atoms with Crippen LogP contribution in [0.1, 0.15) is 25.4 Å². The summed E-state index contributed by atoms with van der Waals surface area (Å²) in [4.78, 5) is 19.7. The van der Waals surface area contributed by atoms with Crippen LogP contribution >= 0.6 is 0 Å². The molecule has 2 rings (SSSR count). The highest BCUT2D eigenvalue weighted by Gasteiger charge is 2.35. The summed E-state index contributed by atoms with van der Waals surface area (Å²) in [5.41, 5.74) is -0.135.